The third-order valence-corrected chi connectivity index (χ3v) is 8.54. The summed E-state index contributed by atoms with van der Waals surface area (Å²) in [4.78, 5) is 101. The van der Waals surface area contributed by atoms with Gasteiger partial charge in [-0.3, -0.25) is 0 Å². The molecule has 3 amide bonds. The molecule has 21 heteroatoms. The van der Waals surface area contributed by atoms with E-state index < -0.39 is 47.6 Å². The summed E-state index contributed by atoms with van der Waals surface area (Å²) in [5, 5.41) is 7.88. The fraction of sp³-hybridized carbons (Fsp3) is 0.643. The Morgan fingerprint density at radius 1 is 0.492 bits per heavy atom. The Bertz CT molecular complexity index is 1850. The molecule has 0 atom stereocenters. The van der Waals surface area contributed by atoms with E-state index in [9.17, 15) is 38.4 Å². The summed E-state index contributed by atoms with van der Waals surface area (Å²) in [6.45, 7) is 16.2. The Balaban J connectivity index is 2.63. The standard InChI is InChI=1S/C42H66N6O15/c1-31(2)34(49)57-25-28-60-38(52)44-20-14-8-7-13-19-43-37-47(23-17-11-9-15-21-45-39(53)61-29-26-58-35(50)32(3)4)41(55)48(42(56)63-37)24-18-12-10-16-22-46-40(54)62-30-27-59-36(51)33(5)6/h1,3,5,7-30H2,2,4,6H3,(H,44,52)(H,45,53)(H,46,54)/b43-37+. The first-order chi connectivity index (χ1) is 30.1. The minimum Gasteiger partial charge on any atom is -0.459 e. The van der Waals surface area contributed by atoms with Gasteiger partial charge in [-0.1, -0.05) is 58.3 Å². The zero-order valence-electron chi connectivity index (χ0n) is 37.1. The highest BCUT2D eigenvalue weighted by molar-refractivity contribution is 5.87. The zero-order chi connectivity index (χ0) is 46.8. The molecule has 1 rings (SSSR count). The predicted molar refractivity (Wildman–Crippen MR) is 228 cm³/mol. The quantitative estimate of drug-likeness (QED) is 0.0393. The third kappa shape index (κ3) is 26.7. The Hall–Kier alpha value is -6.15. The monoisotopic (exact) mass is 894 g/mol. The summed E-state index contributed by atoms with van der Waals surface area (Å²) in [5.74, 6) is -2.50. The maximum Gasteiger partial charge on any atom is 0.425 e. The number of aromatic nitrogens is 2. The van der Waals surface area contributed by atoms with Gasteiger partial charge >= 0.3 is 53.3 Å². The average Bonchev–Trinajstić information content (AvgIpc) is 3.24. The van der Waals surface area contributed by atoms with E-state index in [-0.39, 0.29) is 75.1 Å². The fourth-order valence-corrected chi connectivity index (χ4v) is 5.15. The number of carbonyl (C=O) groups excluding carboxylic acids is 6. The number of unbranched alkanes of at least 4 members (excludes halogenated alkanes) is 9. The van der Waals surface area contributed by atoms with Crippen LogP contribution in [0.3, 0.4) is 0 Å². The Morgan fingerprint density at radius 3 is 1.21 bits per heavy atom. The van der Waals surface area contributed by atoms with Gasteiger partial charge in [0.15, 0.2) is 0 Å². The summed E-state index contributed by atoms with van der Waals surface area (Å²) < 4.78 is 37.5. The first-order valence-electron chi connectivity index (χ1n) is 21.2. The van der Waals surface area contributed by atoms with Gasteiger partial charge in [-0.05, 0) is 59.3 Å². The van der Waals surface area contributed by atoms with Crippen molar-refractivity contribution in [3.8, 4) is 0 Å². The largest absolute Gasteiger partial charge is 0.459 e. The van der Waals surface area contributed by atoms with Crippen LogP contribution in [-0.4, -0.2) is 111 Å². The van der Waals surface area contributed by atoms with Gasteiger partial charge in [-0.2, -0.15) is 0 Å². The van der Waals surface area contributed by atoms with E-state index in [2.05, 4.69) is 40.7 Å². The molecule has 21 nitrogen and oxygen atoms in total. The van der Waals surface area contributed by atoms with E-state index in [1.165, 1.54) is 25.3 Å². The number of hydrogen-bond acceptors (Lipinski definition) is 16. The molecule has 354 valence electrons. The van der Waals surface area contributed by atoms with Crippen molar-refractivity contribution < 1.29 is 61.6 Å². The number of nitrogens with zero attached hydrogens (tertiary/aromatic N) is 3. The van der Waals surface area contributed by atoms with E-state index >= 15 is 0 Å². The molecule has 0 aliphatic rings. The Morgan fingerprint density at radius 2 is 0.825 bits per heavy atom. The summed E-state index contributed by atoms with van der Waals surface area (Å²) in [6, 6.07) is 0. The second-order valence-corrected chi connectivity index (χ2v) is 14.3. The lowest BCUT2D eigenvalue weighted by molar-refractivity contribution is -0.140. The molecule has 0 saturated carbocycles. The highest BCUT2D eigenvalue weighted by Gasteiger charge is 2.12. The molecule has 1 heterocycles. The van der Waals surface area contributed by atoms with Gasteiger partial charge in [-0.25, -0.2) is 52.5 Å². The number of hydrogen-bond donors (Lipinski definition) is 3. The Kier molecular flexibility index (Phi) is 29.2. The maximum absolute atomic E-state index is 13.6. The molecule has 0 aromatic carbocycles. The number of ether oxygens (including phenoxy) is 6. The lowest BCUT2D eigenvalue weighted by atomic mass is 10.2. The average molecular weight is 895 g/mol. The van der Waals surface area contributed by atoms with Crippen molar-refractivity contribution in [1.29, 1.82) is 0 Å². The molecule has 63 heavy (non-hydrogen) atoms. The van der Waals surface area contributed by atoms with E-state index in [0.29, 0.717) is 84.0 Å². The van der Waals surface area contributed by atoms with Crippen LogP contribution in [-0.2, 0) is 55.9 Å². The lowest BCUT2D eigenvalue weighted by Gasteiger charge is -2.10. The van der Waals surface area contributed by atoms with Crippen molar-refractivity contribution in [2.45, 2.75) is 111 Å². The van der Waals surface area contributed by atoms with Crippen LogP contribution >= 0.6 is 0 Å². The number of amides is 3. The van der Waals surface area contributed by atoms with Gasteiger partial charge in [0.05, 0.1) is 0 Å². The normalized spacial score (nSPS) is 10.9. The predicted octanol–water partition coefficient (Wildman–Crippen LogP) is 3.72. The van der Waals surface area contributed by atoms with Crippen LogP contribution < -0.4 is 33.1 Å². The van der Waals surface area contributed by atoms with Crippen LogP contribution in [0.25, 0.3) is 0 Å². The van der Waals surface area contributed by atoms with Gasteiger partial charge in [-0.15, -0.1) is 0 Å². The van der Waals surface area contributed by atoms with Gasteiger partial charge in [0, 0.05) is 56.0 Å². The van der Waals surface area contributed by atoms with Crippen LogP contribution in [0.4, 0.5) is 14.4 Å². The minimum absolute atomic E-state index is 0.0649. The molecule has 1 aromatic heterocycles. The van der Waals surface area contributed by atoms with Crippen molar-refractivity contribution in [2.24, 2.45) is 4.99 Å². The minimum atomic E-state index is -0.813. The molecule has 0 fully saturated rings. The molecule has 0 unspecified atom stereocenters. The lowest BCUT2D eigenvalue weighted by Crippen LogP contribution is -2.47. The summed E-state index contributed by atoms with van der Waals surface area (Å²) in [5.41, 5.74) is 0.149. The van der Waals surface area contributed by atoms with Crippen molar-refractivity contribution >= 4 is 36.2 Å². The number of nitrogens with one attached hydrogen (secondary N) is 3. The molecule has 0 aliphatic carbocycles. The summed E-state index contributed by atoms with van der Waals surface area (Å²) in [7, 11) is 0. The molecule has 0 saturated heterocycles. The Labute approximate surface area is 367 Å². The van der Waals surface area contributed by atoms with Gasteiger partial charge in [0.25, 0.3) is 0 Å². The number of esters is 3. The smallest absolute Gasteiger partial charge is 0.425 e. The van der Waals surface area contributed by atoms with E-state index in [0.717, 1.165) is 23.8 Å². The number of rotatable bonds is 33. The van der Waals surface area contributed by atoms with Crippen molar-refractivity contribution in [1.82, 2.24) is 25.1 Å². The molecule has 1 aromatic rings. The molecule has 3 N–H and O–H groups in total. The van der Waals surface area contributed by atoms with Crippen LogP contribution in [0.5, 0.6) is 0 Å². The van der Waals surface area contributed by atoms with E-state index in [4.69, 9.17) is 32.8 Å². The van der Waals surface area contributed by atoms with Gasteiger partial charge in [0.2, 0.25) is 0 Å². The molecule has 0 bridgehead atoms. The fourth-order valence-electron chi connectivity index (χ4n) is 5.15. The number of alkyl carbamates (subject to hydrolysis) is 3. The SMILES string of the molecule is C=C(C)C(=O)OCCOC(=O)NCCCCCC/N=c1/oc(=O)n(CCCCCCNC(=O)OCCOC(=O)C(=C)C)c(=O)n1CCCCCCNC(=O)OCCOC(=O)C(=C)C. The summed E-state index contributed by atoms with van der Waals surface area (Å²) in [6.07, 6.45) is 6.09. The third-order valence-electron chi connectivity index (χ3n) is 8.54. The number of carbonyl (C=O) groups is 6. The van der Waals surface area contributed by atoms with E-state index in [1.54, 1.807) is 0 Å². The zero-order valence-corrected chi connectivity index (χ0v) is 37.1. The van der Waals surface area contributed by atoms with Crippen LogP contribution in [0.15, 0.2) is 55.5 Å². The van der Waals surface area contributed by atoms with Crippen molar-refractivity contribution in [2.75, 3.05) is 65.8 Å². The van der Waals surface area contributed by atoms with E-state index in [1.807, 2.05) is 0 Å². The highest BCUT2D eigenvalue weighted by atomic mass is 16.6. The van der Waals surface area contributed by atoms with Gasteiger partial charge in [0.1, 0.15) is 39.6 Å². The molecular formula is C42H66N6O15. The second-order valence-electron chi connectivity index (χ2n) is 14.3. The molecular weight excluding hydrogens is 828 g/mol. The van der Waals surface area contributed by atoms with Crippen molar-refractivity contribution in [3.63, 3.8) is 0 Å². The highest BCUT2D eigenvalue weighted by Crippen LogP contribution is 2.03. The van der Waals surface area contributed by atoms with Crippen LogP contribution in [0.2, 0.25) is 0 Å². The molecule has 0 spiro atoms. The first-order valence-corrected chi connectivity index (χ1v) is 21.2. The topological polar surface area (TPSA) is 263 Å². The van der Waals surface area contributed by atoms with Crippen molar-refractivity contribution in [3.05, 3.63) is 63.2 Å². The van der Waals surface area contributed by atoms with Gasteiger partial charge < -0.3 is 48.8 Å². The van der Waals surface area contributed by atoms with Crippen LogP contribution in [0.1, 0.15) is 97.8 Å². The van der Waals surface area contributed by atoms with Crippen LogP contribution in [0, 0.1) is 0 Å². The maximum atomic E-state index is 13.6. The summed E-state index contributed by atoms with van der Waals surface area (Å²) >= 11 is 0. The molecule has 0 radical (unpaired) electrons. The molecule has 0 aliphatic heterocycles. The second kappa shape index (κ2) is 33.5. The first kappa shape index (κ1) is 54.9.